The molecule has 20 heavy (non-hydrogen) atoms. The molecule has 1 aliphatic heterocycles. The van der Waals surface area contributed by atoms with Crippen LogP contribution in [0.2, 0.25) is 0 Å². The molecule has 0 aliphatic carbocycles. The normalized spacial score (nSPS) is 19.3. The molecular weight excluding hydrogens is 248 g/mol. The summed E-state index contributed by atoms with van der Waals surface area (Å²) in [4.78, 5) is 2.54. The van der Waals surface area contributed by atoms with E-state index < -0.39 is 0 Å². The SMILES string of the molecule is CCCC1CCN(c2c(CNC(C)C)c(C)nn2C)C1. The molecule has 4 nitrogen and oxygen atoms in total. The van der Waals surface area contributed by atoms with Crippen molar-refractivity contribution < 1.29 is 0 Å². The van der Waals surface area contributed by atoms with Crippen LogP contribution in [0.5, 0.6) is 0 Å². The zero-order valence-electron chi connectivity index (χ0n) is 13.7. The first-order valence-corrected chi connectivity index (χ1v) is 8.03. The third-order valence-electron chi connectivity index (χ3n) is 4.28. The molecule has 1 unspecified atom stereocenters. The predicted molar refractivity (Wildman–Crippen MR) is 85.1 cm³/mol. The van der Waals surface area contributed by atoms with Gasteiger partial charge in [0, 0.05) is 38.3 Å². The van der Waals surface area contributed by atoms with Gasteiger partial charge in [0.05, 0.1) is 5.69 Å². The molecule has 1 N–H and O–H groups in total. The first-order chi connectivity index (χ1) is 9.52. The van der Waals surface area contributed by atoms with E-state index >= 15 is 0 Å². The summed E-state index contributed by atoms with van der Waals surface area (Å²) in [5.74, 6) is 2.19. The van der Waals surface area contributed by atoms with Crippen molar-refractivity contribution in [3.8, 4) is 0 Å². The molecule has 1 fully saturated rings. The third kappa shape index (κ3) is 3.35. The quantitative estimate of drug-likeness (QED) is 0.868. The van der Waals surface area contributed by atoms with Crippen molar-refractivity contribution >= 4 is 5.82 Å². The first kappa shape index (κ1) is 15.4. The van der Waals surface area contributed by atoms with Crippen LogP contribution in [0.4, 0.5) is 5.82 Å². The number of hydrogen-bond donors (Lipinski definition) is 1. The summed E-state index contributed by atoms with van der Waals surface area (Å²) in [6.07, 6.45) is 3.98. The summed E-state index contributed by atoms with van der Waals surface area (Å²) in [6, 6.07) is 0.508. The third-order valence-corrected chi connectivity index (χ3v) is 4.28. The van der Waals surface area contributed by atoms with E-state index in [1.807, 2.05) is 0 Å². The standard InChI is InChI=1S/C16H30N4/c1-6-7-14-8-9-20(11-14)16-15(10-17-12(2)3)13(4)18-19(16)5/h12,14,17H,6-11H2,1-5H3. The van der Waals surface area contributed by atoms with Crippen molar-refractivity contribution in [1.82, 2.24) is 15.1 Å². The minimum atomic E-state index is 0.508. The Morgan fingerprint density at radius 2 is 2.15 bits per heavy atom. The maximum absolute atomic E-state index is 4.64. The molecule has 2 rings (SSSR count). The molecule has 4 heteroatoms. The minimum absolute atomic E-state index is 0.508. The van der Waals surface area contributed by atoms with E-state index in [0.29, 0.717) is 6.04 Å². The second-order valence-electron chi connectivity index (χ2n) is 6.44. The van der Waals surface area contributed by atoms with Crippen molar-refractivity contribution in [2.24, 2.45) is 13.0 Å². The second-order valence-corrected chi connectivity index (χ2v) is 6.44. The zero-order valence-corrected chi connectivity index (χ0v) is 13.7. The average molecular weight is 278 g/mol. The lowest BCUT2D eigenvalue weighted by atomic mass is 10.0. The number of nitrogens with one attached hydrogen (secondary N) is 1. The molecule has 0 saturated carbocycles. The molecule has 0 spiro atoms. The molecular formula is C16H30N4. The van der Waals surface area contributed by atoms with Crippen molar-refractivity contribution in [1.29, 1.82) is 0 Å². The van der Waals surface area contributed by atoms with E-state index in [1.54, 1.807) is 0 Å². The van der Waals surface area contributed by atoms with Crippen LogP contribution in [0.15, 0.2) is 0 Å². The van der Waals surface area contributed by atoms with Gasteiger partial charge in [-0.3, -0.25) is 4.68 Å². The van der Waals surface area contributed by atoms with Crippen molar-refractivity contribution in [3.05, 3.63) is 11.3 Å². The molecule has 0 radical (unpaired) electrons. The van der Waals surface area contributed by atoms with E-state index in [2.05, 4.69) is 54.7 Å². The van der Waals surface area contributed by atoms with Crippen LogP contribution >= 0.6 is 0 Å². The molecule has 1 aromatic rings. The van der Waals surface area contributed by atoms with Crippen LogP contribution in [0.3, 0.4) is 0 Å². The maximum Gasteiger partial charge on any atom is 0.131 e. The van der Waals surface area contributed by atoms with Crippen LogP contribution in [0, 0.1) is 12.8 Å². The van der Waals surface area contributed by atoms with Gasteiger partial charge in [-0.15, -0.1) is 0 Å². The Kier molecular flexibility index (Phi) is 5.08. The lowest BCUT2D eigenvalue weighted by Gasteiger charge is -2.21. The maximum atomic E-state index is 4.64. The zero-order chi connectivity index (χ0) is 14.7. The Labute approximate surface area is 123 Å². The fourth-order valence-corrected chi connectivity index (χ4v) is 3.27. The Hall–Kier alpha value is -1.03. The lowest BCUT2D eigenvalue weighted by Crippen LogP contribution is -2.27. The summed E-state index contributed by atoms with van der Waals surface area (Å²) >= 11 is 0. The summed E-state index contributed by atoms with van der Waals surface area (Å²) in [5, 5.41) is 8.18. The highest BCUT2D eigenvalue weighted by Crippen LogP contribution is 2.30. The molecule has 1 aromatic heterocycles. The van der Waals surface area contributed by atoms with Gasteiger partial charge in [-0.25, -0.2) is 0 Å². The van der Waals surface area contributed by atoms with Gasteiger partial charge in [-0.1, -0.05) is 27.2 Å². The van der Waals surface area contributed by atoms with Gasteiger partial charge in [-0.05, 0) is 25.7 Å². The number of hydrogen-bond acceptors (Lipinski definition) is 3. The van der Waals surface area contributed by atoms with Gasteiger partial charge >= 0.3 is 0 Å². The second kappa shape index (κ2) is 6.61. The van der Waals surface area contributed by atoms with Crippen LogP contribution < -0.4 is 10.2 Å². The largest absolute Gasteiger partial charge is 0.356 e. The highest BCUT2D eigenvalue weighted by Gasteiger charge is 2.27. The summed E-state index contributed by atoms with van der Waals surface area (Å²) in [7, 11) is 2.08. The Balaban J connectivity index is 2.14. The van der Waals surface area contributed by atoms with Crippen LogP contribution in [-0.2, 0) is 13.6 Å². The molecule has 0 amide bonds. The Morgan fingerprint density at radius 3 is 2.80 bits per heavy atom. The molecule has 1 atom stereocenters. The van der Waals surface area contributed by atoms with Crippen LogP contribution in [-0.4, -0.2) is 28.9 Å². The van der Waals surface area contributed by atoms with Crippen LogP contribution in [0.25, 0.3) is 0 Å². The topological polar surface area (TPSA) is 33.1 Å². The fourth-order valence-electron chi connectivity index (χ4n) is 3.27. The van der Waals surface area contributed by atoms with Gasteiger partial charge < -0.3 is 10.2 Å². The number of anilines is 1. The molecule has 1 aliphatic rings. The number of aromatic nitrogens is 2. The van der Waals surface area contributed by atoms with E-state index in [1.165, 1.54) is 43.7 Å². The summed E-state index contributed by atoms with van der Waals surface area (Å²) < 4.78 is 2.07. The Bertz CT molecular complexity index is 436. The van der Waals surface area contributed by atoms with E-state index in [4.69, 9.17) is 0 Å². The van der Waals surface area contributed by atoms with Crippen molar-refractivity contribution in [3.63, 3.8) is 0 Å². The number of aryl methyl sites for hydroxylation is 2. The molecule has 114 valence electrons. The van der Waals surface area contributed by atoms with Gasteiger partial charge in [0.15, 0.2) is 0 Å². The first-order valence-electron chi connectivity index (χ1n) is 8.03. The van der Waals surface area contributed by atoms with Gasteiger partial charge in [0.2, 0.25) is 0 Å². The Morgan fingerprint density at radius 1 is 1.40 bits per heavy atom. The highest BCUT2D eigenvalue weighted by atomic mass is 15.4. The number of nitrogens with zero attached hydrogens (tertiary/aromatic N) is 3. The van der Waals surface area contributed by atoms with Gasteiger partial charge in [0.1, 0.15) is 5.82 Å². The molecule has 0 aromatic carbocycles. The van der Waals surface area contributed by atoms with Crippen molar-refractivity contribution in [2.45, 2.75) is 59.5 Å². The smallest absolute Gasteiger partial charge is 0.131 e. The highest BCUT2D eigenvalue weighted by molar-refractivity contribution is 5.51. The number of rotatable bonds is 6. The molecule has 1 saturated heterocycles. The summed E-state index contributed by atoms with van der Waals surface area (Å²) in [5.41, 5.74) is 2.54. The fraction of sp³-hybridized carbons (Fsp3) is 0.812. The van der Waals surface area contributed by atoms with Crippen molar-refractivity contribution in [2.75, 3.05) is 18.0 Å². The molecule has 0 bridgehead atoms. The van der Waals surface area contributed by atoms with E-state index in [9.17, 15) is 0 Å². The lowest BCUT2D eigenvalue weighted by molar-refractivity contribution is 0.528. The predicted octanol–water partition coefficient (Wildman–Crippen LogP) is 2.85. The van der Waals surface area contributed by atoms with Gasteiger partial charge in [0.25, 0.3) is 0 Å². The van der Waals surface area contributed by atoms with Crippen LogP contribution in [0.1, 0.15) is 51.3 Å². The molecule has 2 heterocycles. The van der Waals surface area contributed by atoms with E-state index in [0.717, 1.165) is 18.2 Å². The van der Waals surface area contributed by atoms with E-state index in [-0.39, 0.29) is 0 Å². The minimum Gasteiger partial charge on any atom is -0.356 e. The monoisotopic (exact) mass is 278 g/mol. The average Bonchev–Trinajstić information content (AvgIpc) is 2.92. The van der Waals surface area contributed by atoms with Gasteiger partial charge in [-0.2, -0.15) is 5.10 Å². The summed E-state index contributed by atoms with van der Waals surface area (Å²) in [6.45, 7) is 12.1.